The normalized spacial score (nSPS) is 17.3. The molecule has 16 heavy (non-hydrogen) atoms. The van der Waals surface area contributed by atoms with Gasteiger partial charge in [0.15, 0.2) is 0 Å². The summed E-state index contributed by atoms with van der Waals surface area (Å²) in [4.78, 5) is 4.58. The summed E-state index contributed by atoms with van der Waals surface area (Å²) in [6, 6.07) is 7.96. The van der Waals surface area contributed by atoms with Gasteiger partial charge in [-0.05, 0) is 43.4 Å². The molecule has 1 saturated carbocycles. The smallest absolute Gasteiger partial charge is 0.119 e. The van der Waals surface area contributed by atoms with Crippen LogP contribution in [0.3, 0.4) is 0 Å². The van der Waals surface area contributed by atoms with Gasteiger partial charge in [-0.25, -0.2) is 5.90 Å². The second-order valence-corrected chi connectivity index (χ2v) is 4.33. The van der Waals surface area contributed by atoms with Crippen LogP contribution in [0.15, 0.2) is 24.3 Å². The molecule has 1 aliphatic rings. The van der Waals surface area contributed by atoms with E-state index in [9.17, 15) is 0 Å². The van der Waals surface area contributed by atoms with Gasteiger partial charge in [-0.1, -0.05) is 18.6 Å². The van der Waals surface area contributed by atoms with Crippen molar-refractivity contribution in [2.24, 2.45) is 5.90 Å². The highest BCUT2D eigenvalue weighted by Crippen LogP contribution is 2.23. The molecule has 1 aromatic rings. The molecule has 0 aliphatic heterocycles. The molecule has 0 unspecified atom stereocenters. The molecule has 3 nitrogen and oxygen atoms in total. The van der Waals surface area contributed by atoms with E-state index in [2.05, 4.69) is 4.84 Å². The van der Waals surface area contributed by atoms with Crippen LogP contribution in [0.2, 0.25) is 0 Å². The minimum atomic E-state index is 0.408. The van der Waals surface area contributed by atoms with Crippen molar-refractivity contribution in [3.63, 3.8) is 0 Å². The third-order valence-corrected chi connectivity index (χ3v) is 3.03. The van der Waals surface area contributed by atoms with Gasteiger partial charge < -0.3 is 4.74 Å². The minimum Gasteiger partial charge on any atom is -0.490 e. The van der Waals surface area contributed by atoms with E-state index in [0.717, 1.165) is 11.3 Å². The molecule has 0 amide bonds. The molecule has 0 aromatic heterocycles. The second-order valence-electron chi connectivity index (χ2n) is 4.33. The first kappa shape index (κ1) is 11.4. The van der Waals surface area contributed by atoms with Crippen molar-refractivity contribution in [3.8, 4) is 5.75 Å². The highest BCUT2D eigenvalue weighted by molar-refractivity contribution is 5.27. The standard InChI is InChI=1S/C13H19NO2/c14-15-10-11-6-8-13(9-7-11)16-12-4-2-1-3-5-12/h6-9,12H,1-5,10,14H2. The fraction of sp³-hybridized carbons (Fsp3) is 0.538. The van der Waals surface area contributed by atoms with Gasteiger partial charge in [0.25, 0.3) is 0 Å². The van der Waals surface area contributed by atoms with E-state index in [1.54, 1.807) is 0 Å². The van der Waals surface area contributed by atoms with E-state index in [1.807, 2.05) is 24.3 Å². The summed E-state index contributed by atoms with van der Waals surface area (Å²) in [6.45, 7) is 0.448. The Labute approximate surface area is 96.5 Å². The second kappa shape index (κ2) is 5.87. The average Bonchev–Trinajstić information content (AvgIpc) is 2.33. The van der Waals surface area contributed by atoms with Crippen molar-refractivity contribution in [1.29, 1.82) is 0 Å². The lowest BCUT2D eigenvalue weighted by Gasteiger charge is -2.23. The van der Waals surface area contributed by atoms with Crippen molar-refractivity contribution in [3.05, 3.63) is 29.8 Å². The van der Waals surface area contributed by atoms with Crippen molar-refractivity contribution < 1.29 is 9.57 Å². The van der Waals surface area contributed by atoms with Crippen LogP contribution in [0.4, 0.5) is 0 Å². The molecule has 2 N–H and O–H groups in total. The number of ether oxygens (including phenoxy) is 1. The van der Waals surface area contributed by atoms with Gasteiger partial charge >= 0.3 is 0 Å². The number of hydrogen-bond acceptors (Lipinski definition) is 3. The Balaban J connectivity index is 1.88. The first-order valence-corrected chi connectivity index (χ1v) is 5.96. The largest absolute Gasteiger partial charge is 0.490 e. The Morgan fingerprint density at radius 2 is 1.75 bits per heavy atom. The Morgan fingerprint density at radius 3 is 2.38 bits per heavy atom. The highest BCUT2D eigenvalue weighted by Gasteiger charge is 2.14. The van der Waals surface area contributed by atoms with Crippen molar-refractivity contribution in [2.75, 3.05) is 0 Å². The van der Waals surface area contributed by atoms with E-state index < -0.39 is 0 Å². The predicted octanol–water partition coefficient (Wildman–Crippen LogP) is 2.79. The van der Waals surface area contributed by atoms with Gasteiger partial charge in [0.05, 0.1) is 12.7 Å². The summed E-state index contributed by atoms with van der Waals surface area (Å²) in [5.74, 6) is 5.97. The van der Waals surface area contributed by atoms with Gasteiger partial charge in [0.2, 0.25) is 0 Å². The molecule has 0 radical (unpaired) electrons. The maximum atomic E-state index is 5.92. The molecule has 1 aromatic carbocycles. The van der Waals surface area contributed by atoms with E-state index in [0.29, 0.717) is 12.7 Å². The van der Waals surface area contributed by atoms with Crippen LogP contribution in [0.5, 0.6) is 5.75 Å². The predicted molar refractivity (Wildman–Crippen MR) is 62.9 cm³/mol. The molecule has 0 spiro atoms. The summed E-state index contributed by atoms with van der Waals surface area (Å²) in [6.07, 6.45) is 6.73. The topological polar surface area (TPSA) is 44.5 Å². The van der Waals surface area contributed by atoms with E-state index in [1.165, 1.54) is 32.1 Å². The fourth-order valence-electron chi connectivity index (χ4n) is 2.14. The van der Waals surface area contributed by atoms with Crippen molar-refractivity contribution in [1.82, 2.24) is 0 Å². The lowest BCUT2D eigenvalue weighted by atomic mass is 9.98. The first-order chi connectivity index (χ1) is 7.88. The zero-order valence-electron chi connectivity index (χ0n) is 9.52. The Kier molecular flexibility index (Phi) is 4.19. The van der Waals surface area contributed by atoms with Crippen LogP contribution in [-0.4, -0.2) is 6.10 Å². The van der Waals surface area contributed by atoms with Gasteiger partial charge in [0.1, 0.15) is 5.75 Å². The van der Waals surface area contributed by atoms with Crippen molar-refractivity contribution >= 4 is 0 Å². The molecule has 0 heterocycles. The van der Waals surface area contributed by atoms with Crippen LogP contribution in [0, 0.1) is 0 Å². The lowest BCUT2D eigenvalue weighted by Crippen LogP contribution is -2.19. The average molecular weight is 221 g/mol. The Hall–Kier alpha value is -1.06. The molecule has 0 atom stereocenters. The fourth-order valence-corrected chi connectivity index (χ4v) is 2.14. The van der Waals surface area contributed by atoms with Gasteiger partial charge in [-0.15, -0.1) is 0 Å². The molecule has 0 saturated heterocycles. The molecule has 1 aliphatic carbocycles. The van der Waals surface area contributed by atoms with Crippen LogP contribution < -0.4 is 10.6 Å². The minimum absolute atomic E-state index is 0.408. The molecular weight excluding hydrogens is 202 g/mol. The van der Waals surface area contributed by atoms with Crippen LogP contribution >= 0.6 is 0 Å². The molecular formula is C13H19NO2. The SMILES string of the molecule is NOCc1ccc(OC2CCCCC2)cc1. The van der Waals surface area contributed by atoms with Crippen LogP contribution in [0.25, 0.3) is 0 Å². The monoisotopic (exact) mass is 221 g/mol. The number of rotatable bonds is 4. The summed E-state index contributed by atoms with van der Waals surface area (Å²) < 4.78 is 5.92. The Bertz CT molecular complexity index is 304. The highest BCUT2D eigenvalue weighted by atomic mass is 16.6. The third-order valence-electron chi connectivity index (χ3n) is 3.03. The summed E-state index contributed by atoms with van der Waals surface area (Å²) >= 11 is 0. The van der Waals surface area contributed by atoms with Crippen molar-refractivity contribution in [2.45, 2.75) is 44.8 Å². The summed E-state index contributed by atoms with van der Waals surface area (Å²) in [5, 5.41) is 0. The lowest BCUT2D eigenvalue weighted by molar-refractivity contribution is 0.124. The third kappa shape index (κ3) is 3.22. The molecule has 0 bridgehead atoms. The number of nitrogens with two attached hydrogens (primary N) is 1. The first-order valence-electron chi connectivity index (χ1n) is 5.96. The molecule has 2 rings (SSSR count). The zero-order chi connectivity index (χ0) is 11.2. The number of benzene rings is 1. The van der Waals surface area contributed by atoms with E-state index in [-0.39, 0.29) is 0 Å². The van der Waals surface area contributed by atoms with Gasteiger partial charge in [-0.2, -0.15) is 0 Å². The molecule has 3 heteroatoms. The van der Waals surface area contributed by atoms with Gasteiger partial charge in [-0.3, -0.25) is 4.84 Å². The van der Waals surface area contributed by atoms with Crippen LogP contribution in [0.1, 0.15) is 37.7 Å². The summed E-state index contributed by atoms with van der Waals surface area (Å²) in [7, 11) is 0. The Morgan fingerprint density at radius 1 is 1.06 bits per heavy atom. The summed E-state index contributed by atoms with van der Waals surface area (Å²) in [5.41, 5.74) is 1.07. The van der Waals surface area contributed by atoms with E-state index in [4.69, 9.17) is 10.6 Å². The van der Waals surface area contributed by atoms with Crippen LogP contribution in [-0.2, 0) is 11.4 Å². The quantitative estimate of drug-likeness (QED) is 0.795. The molecule has 88 valence electrons. The maximum Gasteiger partial charge on any atom is 0.119 e. The van der Waals surface area contributed by atoms with E-state index >= 15 is 0 Å². The molecule has 1 fully saturated rings. The van der Waals surface area contributed by atoms with Gasteiger partial charge in [0, 0.05) is 0 Å². The number of hydrogen-bond donors (Lipinski definition) is 1. The maximum absolute atomic E-state index is 5.92. The zero-order valence-corrected chi connectivity index (χ0v) is 9.52.